The topological polar surface area (TPSA) is 124 Å². The van der Waals surface area contributed by atoms with Crippen molar-refractivity contribution < 1.29 is 35.1 Å². The molecule has 0 unspecified atom stereocenters. The lowest BCUT2D eigenvalue weighted by molar-refractivity contribution is -0.156. The molecule has 0 aliphatic heterocycles. The van der Waals surface area contributed by atoms with Crippen LogP contribution in [0.3, 0.4) is 0 Å². The van der Waals surface area contributed by atoms with Gasteiger partial charge in [0.2, 0.25) is 0 Å². The number of hydrogen-bond donors (Lipinski definition) is 1. The summed E-state index contributed by atoms with van der Waals surface area (Å²) < 4.78 is 63.1. The van der Waals surface area contributed by atoms with Crippen LogP contribution in [0, 0.1) is 5.41 Å². The van der Waals surface area contributed by atoms with Crippen LogP contribution in [0.25, 0.3) is 0 Å². The molecule has 0 bridgehead atoms. The number of benzene rings is 1. The highest BCUT2D eigenvalue weighted by Crippen LogP contribution is 2.20. The molecule has 0 fully saturated rings. The lowest BCUT2D eigenvalue weighted by Crippen LogP contribution is -2.33. The van der Waals surface area contributed by atoms with Gasteiger partial charge in [-0.2, -0.15) is 16.8 Å². The fourth-order valence-electron chi connectivity index (χ4n) is 1.69. The summed E-state index contributed by atoms with van der Waals surface area (Å²) >= 11 is 0. The van der Waals surface area contributed by atoms with Gasteiger partial charge in [-0.1, -0.05) is 30.3 Å². The van der Waals surface area contributed by atoms with Gasteiger partial charge in [0.25, 0.3) is 20.2 Å². The van der Waals surface area contributed by atoms with Crippen LogP contribution >= 0.6 is 0 Å². The Labute approximate surface area is 148 Å². The van der Waals surface area contributed by atoms with Gasteiger partial charge in [-0.25, -0.2) is 0 Å². The van der Waals surface area contributed by atoms with E-state index >= 15 is 0 Å². The van der Waals surface area contributed by atoms with Crippen LogP contribution in [0.1, 0.15) is 25.8 Å². The van der Waals surface area contributed by atoms with Crippen molar-refractivity contribution in [3.8, 4) is 0 Å². The highest BCUT2D eigenvalue weighted by molar-refractivity contribution is 7.87. The molecule has 8 nitrogen and oxygen atoms in total. The smallest absolute Gasteiger partial charge is 0.314 e. The van der Waals surface area contributed by atoms with Crippen LogP contribution in [-0.2, 0) is 40.6 Å². The third-order valence-electron chi connectivity index (χ3n) is 3.16. The predicted octanol–water partition coefficient (Wildman–Crippen LogP) is 1.38. The fraction of sp³-hybridized carbons (Fsp3) is 0.533. The molecule has 0 saturated heterocycles. The molecule has 1 aromatic rings. The quantitative estimate of drug-likeness (QED) is 0.358. The van der Waals surface area contributed by atoms with E-state index in [0.29, 0.717) is 0 Å². The van der Waals surface area contributed by atoms with Crippen LogP contribution in [0.5, 0.6) is 0 Å². The van der Waals surface area contributed by atoms with Gasteiger partial charge >= 0.3 is 5.97 Å². The molecular weight excluding hydrogens is 372 g/mol. The van der Waals surface area contributed by atoms with E-state index in [4.69, 9.17) is 13.5 Å². The maximum atomic E-state index is 12.1. The van der Waals surface area contributed by atoms with Crippen LogP contribution in [0.15, 0.2) is 30.3 Å². The van der Waals surface area contributed by atoms with E-state index in [1.807, 2.05) is 6.07 Å². The Balaban J connectivity index is 2.48. The molecule has 0 spiro atoms. The first-order chi connectivity index (χ1) is 11.4. The van der Waals surface area contributed by atoms with Gasteiger partial charge < -0.3 is 4.74 Å². The molecule has 25 heavy (non-hydrogen) atoms. The van der Waals surface area contributed by atoms with E-state index in [1.54, 1.807) is 24.3 Å². The Morgan fingerprint density at radius 3 is 2.24 bits per heavy atom. The number of carbonyl (C=O) groups is 1. The minimum absolute atomic E-state index is 0.0597. The summed E-state index contributed by atoms with van der Waals surface area (Å²) in [5.41, 5.74) is -0.407. The first-order valence-corrected chi connectivity index (χ1v) is 10.6. The van der Waals surface area contributed by atoms with Crippen LogP contribution < -0.4 is 0 Å². The summed E-state index contributed by atoms with van der Waals surface area (Å²) in [5.74, 6) is -1.88. The molecule has 0 saturated carbocycles. The molecule has 1 aromatic carbocycles. The molecule has 0 amide bonds. The normalized spacial score (nSPS) is 12.8. The second kappa shape index (κ2) is 8.75. The zero-order valence-electron chi connectivity index (χ0n) is 14.0. The molecule has 0 heterocycles. The highest BCUT2D eigenvalue weighted by Gasteiger charge is 2.32. The Bertz CT molecular complexity index is 767. The van der Waals surface area contributed by atoms with Crippen molar-refractivity contribution in [1.82, 2.24) is 0 Å². The number of ether oxygens (including phenoxy) is 1. The Kier molecular flexibility index (Phi) is 7.54. The number of rotatable bonds is 10. The van der Waals surface area contributed by atoms with Gasteiger partial charge in [0.15, 0.2) is 0 Å². The molecule has 0 aliphatic carbocycles. The van der Waals surface area contributed by atoms with Crippen molar-refractivity contribution in [2.24, 2.45) is 5.41 Å². The van der Waals surface area contributed by atoms with E-state index < -0.39 is 49.7 Å². The van der Waals surface area contributed by atoms with E-state index in [-0.39, 0.29) is 13.0 Å². The molecule has 0 radical (unpaired) electrons. The van der Waals surface area contributed by atoms with Gasteiger partial charge in [0.05, 0.1) is 23.5 Å². The average molecular weight is 394 g/mol. The second-order valence-electron chi connectivity index (χ2n) is 6.11. The molecule has 1 rings (SSSR count). The Morgan fingerprint density at radius 1 is 1.08 bits per heavy atom. The number of carbonyl (C=O) groups excluding carboxylic acids is 1. The molecule has 0 aromatic heterocycles. The number of esters is 1. The van der Waals surface area contributed by atoms with Crippen molar-refractivity contribution in [2.45, 2.75) is 26.9 Å². The largest absolute Gasteiger partial charge is 0.460 e. The van der Waals surface area contributed by atoms with Crippen molar-refractivity contribution in [3.63, 3.8) is 0 Å². The Hall–Kier alpha value is -1.49. The maximum Gasteiger partial charge on any atom is 0.314 e. The van der Waals surface area contributed by atoms with Crippen molar-refractivity contribution in [3.05, 3.63) is 35.9 Å². The minimum Gasteiger partial charge on any atom is -0.460 e. The first-order valence-electron chi connectivity index (χ1n) is 7.45. The van der Waals surface area contributed by atoms with Crippen molar-refractivity contribution in [2.75, 3.05) is 18.1 Å². The molecule has 0 atom stereocenters. The molecule has 142 valence electrons. The van der Waals surface area contributed by atoms with Gasteiger partial charge in [-0.05, 0) is 25.8 Å². The van der Waals surface area contributed by atoms with Gasteiger partial charge in [-0.15, -0.1) is 0 Å². The van der Waals surface area contributed by atoms with E-state index in [2.05, 4.69) is 0 Å². The monoisotopic (exact) mass is 394 g/mol. The summed E-state index contributed by atoms with van der Waals surface area (Å²) in [4.78, 5) is 12.1. The Morgan fingerprint density at radius 2 is 1.68 bits per heavy atom. The zero-order valence-corrected chi connectivity index (χ0v) is 15.7. The van der Waals surface area contributed by atoms with Crippen molar-refractivity contribution in [1.29, 1.82) is 0 Å². The van der Waals surface area contributed by atoms with Gasteiger partial charge in [0.1, 0.15) is 6.61 Å². The summed E-state index contributed by atoms with van der Waals surface area (Å²) in [7, 11) is -8.25. The standard InChI is InChI=1S/C15H22O8S2/c1-15(2,14(16)22-11-13-7-4-3-5-8-13)12-23-25(20,21)10-6-9-24(17,18)19/h3-5,7-8H,6,9-12H2,1-2H3,(H,17,18,19). The van der Waals surface area contributed by atoms with Crippen LogP contribution in [-0.4, -0.2) is 45.5 Å². The van der Waals surface area contributed by atoms with Gasteiger partial charge in [0, 0.05) is 0 Å². The lowest BCUT2D eigenvalue weighted by atomic mass is 9.95. The summed E-state index contributed by atoms with van der Waals surface area (Å²) in [6, 6.07) is 9.01. The average Bonchev–Trinajstić information content (AvgIpc) is 2.50. The number of hydrogen-bond acceptors (Lipinski definition) is 7. The summed E-state index contributed by atoms with van der Waals surface area (Å²) in [5, 5.41) is 0. The lowest BCUT2D eigenvalue weighted by Gasteiger charge is -2.22. The predicted molar refractivity (Wildman–Crippen MR) is 90.8 cm³/mol. The molecule has 10 heteroatoms. The van der Waals surface area contributed by atoms with Crippen molar-refractivity contribution >= 4 is 26.2 Å². The highest BCUT2D eigenvalue weighted by atomic mass is 32.2. The van der Waals surface area contributed by atoms with Crippen LogP contribution in [0.2, 0.25) is 0 Å². The molecular formula is C15H22O8S2. The minimum atomic E-state index is -4.23. The van der Waals surface area contributed by atoms with E-state index in [0.717, 1.165) is 5.56 Å². The molecule has 1 N–H and O–H groups in total. The first kappa shape index (κ1) is 21.6. The van der Waals surface area contributed by atoms with E-state index in [1.165, 1.54) is 13.8 Å². The van der Waals surface area contributed by atoms with Crippen LogP contribution in [0.4, 0.5) is 0 Å². The summed E-state index contributed by atoms with van der Waals surface area (Å²) in [6.45, 7) is 2.58. The zero-order chi connectivity index (χ0) is 19.1. The molecule has 0 aliphatic rings. The summed E-state index contributed by atoms with van der Waals surface area (Å²) in [6.07, 6.45) is -0.306. The third-order valence-corrected chi connectivity index (χ3v) is 5.23. The maximum absolute atomic E-state index is 12.1. The van der Waals surface area contributed by atoms with Gasteiger partial charge in [-0.3, -0.25) is 13.5 Å². The second-order valence-corrected chi connectivity index (χ2v) is 9.44. The fourth-order valence-corrected chi connectivity index (χ4v) is 3.47. The third kappa shape index (κ3) is 8.96. The van der Waals surface area contributed by atoms with E-state index in [9.17, 15) is 21.6 Å². The SMILES string of the molecule is CC(C)(COS(=O)(=O)CCCS(=O)(=O)O)C(=O)OCc1ccccc1.